The van der Waals surface area contributed by atoms with E-state index in [0.29, 0.717) is 32.4 Å². The monoisotopic (exact) mass is 314 g/mol. The van der Waals surface area contributed by atoms with Gasteiger partial charge >= 0.3 is 0 Å². The fourth-order valence-electron chi connectivity index (χ4n) is 2.94. The van der Waals surface area contributed by atoms with Crippen LogP contribution in [0.25, 0.3) is 0 Å². The molecule has 0 spiro atoms. The van der Waals surface area contributed by atoms with Crippen molar-refractivity contribution in [2.75, 3.05) is 18.8 Å². The van der Waals surface area contributed by atoms with Crippen molar-refractivity contribution in [2.24, 2.45) is 5.92 Å². The first-order valence-electron chi connectivity index (χ1n) is 7.28. The molecule has 2 atom stereocenters. The quantitative estimate of drug-likeness (QED) is 0.749. The Morgan fingerprint density at radius 3 is 2.33 bits per heavy atom. The molecule has 0 unspecified atom stereocenters. The van der Waals surface area contributed by atoms with Gasteiger partial charge in [-0.25, -0.2) is 8.42 Å². The molecule has 0 radical (unpaired) electrons. The summed E-state index contributed by atoms with van der Waals surface area (Å²) in [6.45, 7) is 6.19. The van der Waals surface area contributed by atoms with Crippen LogP contribution in [0.1, 0.15) is 26.2 Å². The van der Waals surface area contributed by atoms with Crippen molar-refractivity contribution >= 4 is 21.7 Å². The van der Waals surface area contributed by atoms with Crippen molar-refractivity contribution < 1.29 is 18.0 Å². The standard InChI is InChI=1S/C14H22N2O4S/c1-3-13(17)16-7-4-11(5-8-16)14(18)15-12-6-9-21(19,20)10(12)2/h3,10-12H,1,4-9H2,2H3,(H,15,18)/t10-,12-/m1/s1. The number of amides is 2. The van der Waals surface area contributed by atoms with Gasteiger partial charge in [0, 0.05) is 25.0 Å². The van der Waals surface area contributed by atoms with Gasteiger partial charge in [-0.15, -0.1) is 0 Å². The van der Waals surface area contributed by atoms with Crippen LogP contribution < -0.4 is 5.32 Å². The predicted octanol–water partition coefficient (Wildman–Crippen LogP) is 0.103. The number of carbonyl (C=O) groups excluding carboxylic acids is 2. The fraction of sp³-hybridized carbons (Fsp3) is 0.714. The molecule has 21 heavy (non-hydrogen) atoms. The third-order valence-corrected chi connectivity index (χ3v) is 6.79. The molecule has 2 aliphatic rings. The Hall–Kier alpha value is -1.37. The van der Waals surface area contributed by atoms with Gasteiger partial charge < -0.3 is 10.2 Å². The van der Waals surface area contributed by atoms with Gasteiger partial charge in [0.2, 0.25) is 11.8 Å². The predicted molar refractivity (Wildman–Crippen MR) is 79.3 cm³/mol. The van der Waals surface area contributed by atoms with Crippen molar-refractivity contribution in [1.29, 1.82) is 0 Å². The summed E-state index contributed by atoms with van der Waals surface area (Å²) in [5, 5.41) is 2.36. The van der Waals surface area contributed by atoms with Crippen molar-refractivity contribution in [1.82, 2.24) is 10.2 Å². The van der Waals surface area contributed by atoms with Crippen LogP contribution in [0.5, 0.6) is 0 Å². The average Bonchev–Trinajstić information content (AvgIpc) is 2.73. The number of rotatable bonds is 3. The smallest absolute Gasteiger partial charge is 0.245 e. The number of carbonyl (C=O) groups is 2. The fourth-order valence-corrected chi connectivity index (χ4v) is 4.60. The van der Waals surface area contributed by atoms with Crippen LogP contribution in [0, 0.1) is 5.92 Å². The Kier molecular flexibility index (Phi) is 4.70. The van der Waals surface area contributed by atoms with Gasteiger partial charge in [-0.3, -0.25) is 9.59 Å². The van der Waals surface area contributed by atoms with E-state index in [1.54, 1.807) is 11.8 Å². The van der Waals surface area contributed by atoms with E-state index in [4.69, 9.17) is 0 Å². The van der Waals surface area contributed by atoms with E-state index in [9.17, 15) is 18.0 Å². The highest BCUT2D eigenvalue weighted by Crippen LogP contribution is 2.23. The van der Waals surface area contributed by atoms with Gasteiger partial charge in [0.25, 0.3) is 0 Å². The molecule has 118 valence electrons. The summed E-state index contributed by atoms with van der Waals surface area (Å²) in [5.41, 5.74) is 0. The van der Waals surface area contributed by atoms with Crippen LogP contribution in [-0.2, 0) is 19.4 Å². The molecule has 0 aliphatic carbocycles. The first-order valence-corrected chi connectivity index (χ1v) is 9.00. The zero-order valence-corrected chi connectivity index (χ0v) is 13.1. The van der Waals surface area contributed by atoms with Crippen LogP contribution in [0.15, 0.2) is 12.7 Å². The van der Waals surface area contributed by atoms with Gasteiger partial charge in [-0.05, 0) is 32.3 Å². The highest BCUT2D eigenvalue weighted by Gasteiger charge is 2.38. The SMILES string of the molecule is C=CC(=O)N1CCC(C(=O)N[C@@H]2CCS(=O)(=O)[C@@H]2C)CC1. The van der Waals surface area contributed by atoms with E-state index >= 15 is 0 Å². The van der Waals surface area contributed by atoms with Crippen LogP contribution in [0.3, 0.4) is 0 Å². The number of nitrogens with one attached hydrogen (secondary N) is 1. The van der Waals surface area contributed by atoms with Crippen LogP contribution in [0.2, 0.25) is 0 Å². The second kappa shape index (κ2) is 6.17. The maximum Gasteiger partial charge on any atom is 0.245 e. The lowest BCUT2D eigenvalue weighted by Crippen LogP contribution is -2.47. The molecule has 0 aromatic carbocycles. The maximum atomic E-state index is 12.2. The normalized spacial score (nSPS) is 29.1. The number of sulfone groups is 1. The van der Waals surface area contributed by atoms with Gasteiger partial charge in [0.1, 0.15) is 0 Å². The molecule has 2 heterocycles. The molecule has 1 N–H and O–H groups in total. The van der Waals surface area contributed by atoms with Crippen LogP contribution >= 0.6 is 0 Å². The topological polar surface area (TPSA) is 83.6 Å². The largest absolute Gasteiger partial charge is 0.352 e. The zero-order valence-electron chi connectivity index (χ0n) is 12.2. The lowest BCUT2D eigenvalue weighted by Gasteiger charge is -2.31. The third kappa shape index (κ3) is 3.45. The lowest BCUT2D eigenvalue weighted by atomic mass is 9.95. The first kappa shape index (κ1) is 16.0. The molecule has 0 aromatic heterocycles. The Morgan fingerprint density at radius 1 is 1.24 bits per heavy atom. The number of nitrogens with zero attached hydrogens (tertiary/aromatic N) is 1. The third-order valence-electron chi connectivity index (χ3n) is 4.53. The van der Waals surface area contributed by atoms with E-state index in [0.717, 1.165) is 0 Å². The summed E-state index contributed by atoms with van der Waals surface area (Å²) < 4.78 is 23.4. The minimum absolute atomic E-state index is 0.0883. The highest BCUT2D eigenvalue weighted by molar-refractivity contribution is 7.92. The summed E-state index contributed by atoms with van der Waals surface area (Å²) >= 11 is 0. The Balaban J connectivity index is 1.86. The minimum Gasteiger partial charge on any atom is -0.352 e. The summed E-state index contributed by atoms with van der Waals surface area (Å²) in [6.07, 6.45) is 2.99. The van der Waals surface area contributed by atoms with Crippen molar-refractivity contribution in [3.05, 3.63) is 12.7 Å². The number of piperidine rings is 1. The molecule has 6 nitrogen and oxygen atoms in total. The van der Waals surface area contributed by atoms with Gasteiger partial charge in [0.05, 0.1) is 11.0 Å². The van der Waals surface area contributed by atoms with Crippen LogP contribution in [-0.4, -0.2) is 55.3 Å². The van der Waals surface area contributed by atoms with Gasteiger partial charge in [0.15, 0.2) is 9.84 Å². The van der Waals surface area contributed by atoms with E-state index in [1.807, 2.05) is 0 Å². The Morgan fingerprint density at radius 2 is 1.86 bits per heavy atom. The molecular weight excluding hydrogens is 292 g/mol. The highest BCUT2D eigenvalue weighted by atomic mass is 32.2. The van der Waals surface area contributed by atoms with E-state index in [-0.39, 0.29) is 29.5 Å². The molecule has 2 rings (SSSR count). The second-order valence-electron chi connectivity index (χ2n) is 5.78. The van der Waals surface area contributed by atoms with E-state index < -0.39 is 15.1 Å². The molecule has 0 saturated carbocycles. The molecule has 0 aromatic rings. The summed E-state index contributed by atoms with van der Waals surface area (Å²) in [7, 11) is -3.05. The van der Waals surface area contributed by atoms with Crippen molar-refractivity contribution in [3.63, 3.8) is 0 Å². The molecule has 2 fully saturated rings. The number of likely N-dealkylation sites (tertiary alicyclic amines) is 1. The number of hydrogen-bond donors (Lipinski definition) is 1. The first-order chi connectivity index (χ1) is 9.85. The molecule has 2 saturated heterocycles. The minimum atomic E-state index is -3.05. The van der Waals surface area contributed by atoms with Crippen molar-refractivity contribution in [3.8, 4) is 0 Å². The van der Waals surface area contributed by atoms with Gasteiger partial charge in [-0.1, -0.05) is 6.58 Å². The second-order valence-corrected chi connectivity index (χ2v) is 8.26. The molecular formula is C14H22N2O4S. The van der Waals surface area contributed by atoms with E-state index in [1.165, 1.54) is 6.08 Å². The average molecular weight is 314 g/mol. The molecule has 0 bridgehead atoms. The van der Waals surface area contributed by atoms with Gasteiger partial charge in [-0.2, -0.15) is 0 Å². The zero-order chi connectivity index (χ0) is 15.6. The Bertz CT molecular complexity index is 535. The summed E-state index contributed by atoms with van der Waals surface area (Å²) in [5.74, 6) is -0.195. The molecule has 7 heteroatoms. The summed E-state index contributed by atoms with van der Waals surface area (Å²) in [6, 6.07) is -0.282. The maximum absolute atomic E-state index is 12.2. The summed E-state index contributed by atoms with van der Waals surface area (Å²) in [4.78, 5) is 25.4. The van der Waals surface area contributed by atoms with E-state index in [2.05, 4.69) is 11.9 Å². The Labute approximate surface area is 125 Å². The van der Waals surface area contributed by atoms with Crippen LogP contribution in [0.4, 0.5) is 0 Å². The molecule has 2 amide bonds. The molecule has 2 aliphatic heterocycles. The number of hydrogen-bond acceptors (Lipinski definition) is 4. The lowest BCUT2D eigenvalue weighted by molar-refractivity contribution is -0.132. The van der Waals surface area contributed by atoms with Crippen molar-refractivity contribution in [2.45, 2.75) is 37.5 Å².